The Morgan fingerprint density at radius 1 is 0.844 bits per heavy atom. The SMILES string of the molecule is CC(C)(CCC1(CNCc2ccccc2)COC1)[Si](O)(c1ccccc1)c1ccccc1. The molecule has 0 amide bonds. The molecule has 1 saturated heterocycles. The van der Waals surface area contributed by atoms with E-state index in [2.05, 4.69) is 73.8 Å². The molecular formula is C28H35NO2Si. The molecule has 1 aliphatic rings. The molecule has 3 aromatic carbocycles. The number of hydrogen-bond acceptors (Lipinski definition) is 3. The van der Waals surface area contributed by atoms with Gasteiger partial charge in [0, 0.05) is 18.5 Å². The lowest BCUT2D eigenvalue weighted by Gasteiger charge is -2.46. The number of hydrogen-bond donors (Lipinski definition) is 2. The van der Waals surface area contributed by atoms with Gasteiger partial charge in [0.05, 0.1) is 13.2 Å². The van der Waals surface area contributed by atoms with E-state index in [1.165, 1.54) is 5.56 Å². The first-order valence-electron chi connectivity index (χ1n) is 11.6. The Hall–Kier alpha value is -2.24. The Morgan fingerprint density at radius 3 is 1.81 bits per heavy atom. The molecule has 0 spiro atoms. The minimum Gasteiger partial charge on any atom is -0.424 e. The molecule has 32 heavy (non-hydrogen) atoms. The third kappa shape index (κ3) is 4.74. The average Bonchev–Trinajstić information content (AvgIpc) is 2.81. The monoisotopic (exact) mass is 445 g/mol. The molecule has 0 aromatic heterocycles. The van der Waals surface area contributed by atoms with E-state index < -0.39 is 8.32 Å². The van der Waals surface area contributed by atoms with Gasteiger partial charge in [0.25, 0.3) is 8.32 Å². The molecule has 4 heteroatoms. The Bertz CT molecular complexity index is 933. The van der Waals surface area contributed by atoms with Gasteiger partial charge >= 0.3 is 0 Å². The normalized spacial score (nSPS) is 15.8. The van der Waals surface area contributed by atoms with Crippen molar-refractivity contribution >= 4 is 18.7 Å². The Labute approximate surface area is 193 Å². The second kappa shape index (κ2) is 9.71. The first-order valence-corrected chi connectivity index (χ1v) is 13.6. The highest BCUT2D eigenvalue weighted by Crippen LogP contribution is 2.44. The van der Waals surface area contributed by atoms with Crippen LogP contribution < -0.4 is 15.7 Å². The van der Waals surface area contributed by atoms with Crippen LogP contribution >= 0.6 is 0 Å². The molecule has 1 fully saturated rings. The van der Waals surface area contributed by atoms with Gasteiger partial charge in [-0.05, 0) is 33.8 Å². The third-order valence-corrected chi connectivity index (χ3v) is 11.7. The van der Waals surface area contributed by atoms with E-state index in [0.717, 1.165) is 49.5 Å². The molecule has 3 nitrogen and oxygen atoms in total. The molecule has 0 atom stereocenters. The number of nitrogens with one attached hydrogen (secondary N) is 1. The molecule has 0 aliphatic carbocycles. The zero-order chi connectivity index (χ0) is 22.5. The molecule has 1 aliphatic heterocycles. The summed E-state index contributed by atoms with van der Waals surface area (Å²) in [5.74, 6) is 0. The summed E-state index contributed by atoms with van der Waals surface area (Å²) in [6, 6.07) is 31.2. The van der Waals surface area contributed by atoms with Crippen LogP contribution in [0.5, 0.6) is 0 Å². The maximum atomic E-state index is 12.4. The van der Waals surface area contributed by atoms with Crippen LogP contribution in [0.1, 0.15) is 32.3 Å². The maximum Gasteiger partial charge on any atom is 0.258 e. The van der Waals surface area contributed by atoms with Crippen molar-refractivity contribution in [3.8, 4) is 0 Å². The van der Waals surface area contributed by atoms with Crippen molar-refractivity contribution < 1.29 is 9.53 Å². The van der Waals surface area contributed by atoms with Gasteiger partial charge in [-0.15, -0.1) is 0 Å². The van der Waals surface area contributed by atoms with Crippen molar-refractivity contribution in [2.45, 2.75) is 38.3 Å². The van der Waals surface area contributed by atoms with Gasteiger partial charge in [0.1, 0.15) is 0 Å². The van der Waals surface area contributed by atoms with Crippen LogP contribution in [0.4, 0.5) is 0 Å². The van der Waals surface area contributed by atoms with Crippen molar-refractivity contribution in [2.24, 2.45) is 5.41 Å². The van der Waals surface area contributed by atoms with E-state index in [1.807, 2.05) is 36.4 Å². The highest BCUT2D eigenvalue weighted by molar-refractivity contribution is 6.98. The molecule has 0 radical (unpaired) electrons. The number of ether oxygens (including phenoxy) is 1. The van der Waals surface area contributed by atoms with Gasteiger partial charge < -0.3 is 14.8 Å². The summed E-state index contributed by atoms with van der Waals surface area (Å²) in [5, 5.41) is 5.59. The Kier molecular flexibility index (Phi) is 6.96. The molecule has 0 unspecified atom stereocenters. The van der Waals surface area contributed by atoms with Gasteiger partial charge in [-0.25, -0.2) is 0 Å². The first-order chi connectivity index (χ1) is 15.5. The zero-order valence-corrected chi connectivity index (χ0v) is 20.3. The minimum absolute atomic E-state index is 0.148. The van der Waals surface area contributed by atoms with Crippen LogP contribution in [0.15, 0.2) is 91.0 Å². The van der Waals surface area contributed by atoms with E-state index in [0.29, 0.717) is 0 Å². The fourth-order valence-electron chi connectivity index (χ4n) is 4.86. The van der Waals surface area contributed by atoms with Gasteiger partial charge in [-0.3, -0.25) is 0 Å². The van der Waals surface area contributed by atoms with E-state index in [9.17, 15) is 4.80 Å². The van der Waals surface area contributed by atoms with Crippen LogP contribution in [0, 0.1) is 5.41 Å². The summed E-state index contributed by atoms with van der Waals surface area (Å²) in [7, 11) is -2.96. The highest BCUT2D eigenvalue weighted by atomic mass is 28.4. The standard InChI is InChI=1S/C28H35NO2Si/c1-27(2,32(30,25-14-8-4-9-15-25)26-16-10-5-11-17-26)18-19-28(22-31-23-28)21-29-20-24-12-6-3-7-13-24/h3-17,29-30H,18-23H2,1-2H3. The first kappa shape index (κ1) is 22.9. The quantitative estimate of drug-likeness (QED) is 0.462. The molecule has 0 bridgehead atoms. The molecule has 3 aromatic rings. The summed E-state index contributed by atoms with van der Waals surface area (Å²) in [6.45, 7) is 7.91. The predicted molar refractivity (Wildman–Crippen MR) is 135 cm³/mol. The maximum absolute atomic E-state index is 12.4. The average molecular weight is 446 g/mol. The van der Waals surface area contributed by atoms with Gasteiger partial charge in [0.2, 0.25) is 0 Å². The summed E-state index contributed by atoms with van der Waals surface area (Å²) in [4.78, 5) is 12.4. The summed E-state index contributed by atoms with van der Waals surface area (Å²) < 4.78 is 5.67. The Balaban J connectivity index is 1.49. The lowest BCUT2D eigenvalue weighted by molar-refractivity contribution is -0.117. The van der Waals surface area contributed by atoms with E-state index in [-0.39, 0.29) is 10.5 Å². The van der Waals surface area contributed by atoms with Crippen LogP contribution in [0.2, 0.25) is 5.04 Å². The molecule has 168 valence electrons. The molecule has 4 rings (SSSR count). The Morgan fingerprint density at radius 2 is 1.34 bits per heavy atom. The smallest absolute Gasteiger partial charge is 0.258 e. The zero-order valence-electron chi connectivity index (χ0n) is 19.3. The highest BCUT2D eigenvalue weighted by Gasteiger charge is 2.51. The van der Waals surface area contributed by atoms with Crippen molar-refractivity contribution in [3.63, 3.8) is 0 Å². The molecular weight excluding hydrogens is 410 g/mol. The fourth-order valence-corrected chi connectivity index (χ4v) is 8.59. The fraction of sp³-hybridized carbons (Fsp3) is 0.357. The van der Waals surface area contributed by atoms with Crippen LogP contribution in [0.25, 0.3) is 0 Å². The number of rotatable bonds is 10. The van der Waals surface area contributed by atoms with E-state index in [4.69, 9.17) is 4.74 Å². The molecule has 2 N–H and O–H groups in total. The lowest BCUT2D eigenvalue weighted by atomic mass is 9.79. The van der Waals surface area contributed by atoms with Crippen LogP contribution in [0.3, 0.4) is 0 Å². The molecule has 1 heterocycles. The summed E-state index contributed by atoms with van der Waals surface area (Å²) in [5.41, 5.74) is 1.45. The lowest BCUT2D eigenvalue weighted by Crippen LogP contribution is -2.65. The predicted octanol–water partition coefficient (Wildman–Crippen LogP) is 4.11. The van der Waals surface area contributed by atoms with Gasteiger partial charge in [0.15, 0.2) is 0 Å². The van der Waals surface area contributed by atoms with Crippen molar-refractivity contribution in [1.82, 2.24) is 5.32 Å². The number of benzene rings is 3. The van der Waals surface area contributed by atoms with Crippen molar-refractivity contribution in [3.05, 3.63) is 96.6 Å². The molecule has 0 saturated carbocycles. The minimum atomic E-state index is -2.96. The summed E-state index contributed by atoms with van der Waals surface area (Å²) >= 11 is 0. The van der Waals surface area contributed by atoms with Crippen LogP contribution in [-0.2, 0) is 11.3 Å². The van der Waals surface area contributed by atoms with Crippen LogP contribution in [-0.4, -0.2) is 32.9 Å². The van der Waals surface area contributed by atoms with Crippen molar-refractivity contribution in [1.29, 1.82) is 0 Å². The second-order valence-corrected chi connectivity index (χ2v) is 13.8. The third-order valence-electron chi connectivity index (χ3n) is 7.13. The van der Waals surface area contributed by atoms with E-state index in [1.54, 1.807) is 0 Å². The topological polar surface area (TPSA) is 41.5 Å². The summed E-state index contributed by atoms with van der Waals surface area (Å²) in [6.07, 6.45) is 1.99. The van der Waals surface area contributed by atoms with Gasteiger partial charge in [-0.1, -0.05) is 105 Å². The van der Waals surface area contributed by atoms with Gasteiger partial charge in [-0.2, -0.15) is 0 Å². The van der Waals surface area contributed by atoms with Crippen molar-refractivity contribution in [2.75, 3.05) is 19.8 Å². The van der Waals surface area contributed by atoms with E-state index >= 15 is 0 Å². The second-order valence-electron chi connectivity index (χ2n) is 9.91. The largest absolute Gasteiger partial charge is 0.424 e.